The van der Waals surface area contributed by atoms with Gasteiger partial charge >= 0.3 is 0 Å². The monoisotopic (exact) mass is 301 g/mol. The third kappa shape index (κ3) is 5.04. The zero-order chi connectivity index (χ0) is 13.7. The molecule has 0 bridgehead atoms. The highest BCUT2D eigenvalue weighted by Gasteiger charge is 2.20. The molecule has 0 saturated carbocycles. The molecule has 0 amide bonds. The van der Waals surface area contributed by atoms with Gasteiger partial charge < -0.3 is 5.32 Å². The summed E-state index contributed by atoms with van der Waals surface area (Å²) in [5.41, 5.74) is 0. The predicted octanol–water partition coefficient (Wildman–Crippen LogP) is 1.79. The van der Waals surface area contributed by atoms with Crippen LogP contribution in [0.5, 0.6) is 0 Å². The van der Waals surface area contributed by atoms with Crippen molar-refractivity contribution in [2.24, 2.45) is 11.8 Å². The highest BCUT2D eigenvalue weighted by atomic mass is 35.5. The molecule has 1 aliphatic rings. The van der Waals surface area contributed by atoms with E-state index in [4.69, 9.17) is 0 Å². The van der Waals surface area contributed by atoms with E-state index < -0.39 is 0 Å². The topological polar surface area (TPSA) is 46.0 Å². The van der Waals surface area contributed by atoms with E-state index in [1.54, 1.807) is 6.33 Å². The average molecular weight is 302 g/mol. The van der Waals surface area contributed by atoms with Crippen LogP contribution in [0.25, 0.3) is 0 Å². The van der Waals surface area contributed by atoms with Crippen LogP contribution in [-0.2, 0) is 13.1 Å². The minimum absolute atomic E-state index is 0. The molecule has 0 spiro atoms. The third-order valence-corrected chi connectivity index (χ3v) is 3.80. The zero-order valence-electron chi connectivity index (χ0n) is 12.9. The Kier molecular flexibility index (Phi) is 7.48. The van der Waals surface area contributed by atoms with E-state index in [9.17, 15) is 0 Å². The second-order valence-corrected chi connectivity index (χ2v) is 6.03. The number of likely N-dealkylation sites (tertiary alicyclic amines) is 1. The SMILES string of the molecule is CNCC1CCN(Cc2ncnn2CC(C)C)CC1.Cl. The lowest BCUT2D eigenvalue weighted by Gasteiger charge is -2.31. The van der Waals surface area contributed by atoms with Crippen LogP contribution >= 0.6 is 12.4 Å². The first-order chi connectivity index (χ1) is 9.19. The second kappa shape index (κ2) is 8.60. The lowest BCUT2D eigenvalue weighted by Crippen LogP contribution is -2.37. The van der Waals surface area contributed by atoms with E-state index in [1.807, 2.05) is 7.05 Å². The molecule has 0 atom stereocenters. The molecule has 2 heterocycles. The normalized spacial score (nSPS) is 17.4. The number of rotatable bonds is 6. The van der Waals surface area contributed by atoms with Crippen LogP contribution in [0.15, 0.2) is 6.33 Å². The fourth-order valence-corrected chi connectivity index (χ4v) is 2.75. The van der Waals surface area contributed by atoms with Gasteiger partial charge in [-0.3, -0.25) is 4.90 Å². The molecule has 1 fully saturated rings. The lowest BCUT2D eigenvalue weighted by atomic mass is 9.97. The number of hydrogen-bond donors (Lipinski definition) is 1. The van der Waals surface area contributed by atoms with Gasteiger partial charge in [0.1, 0.15) is 12.2 Å². The van der Waals surface area contributed by atoms with E-state index in [1.165, 1.54) is 25.9 Å². The number of halogens is 1. The van der Waals surface area contributed by atoms with Crippen molar-refractivity contribution in [1.29, 1.82) is 0 Å². The van der Waals surface area contributed by atoms with Gasteiger partial charge in [0.25, 0.3) is 0 Å². The molecule has 116 valence electrons. The Bertz CT molecular complexity index is 371. The molecule has 1 aromatic rings. The molecule has 1 aromatic heterocycles. The summed E-state index contributed by atoms with van der Waals surface area (Å²) in [6.07, 6.45) is 4.27. The lowest BCUT2D eigenvalue weighted by molar-refractivity contribution is 0.170. The minimum Gasteiger partial charge on any atom is -0.319 e. The van der Waals surface area contributed by atoms with Crippen LogP contribution in [0.1, 0.15) is 32.5 Å². The molecule has 6 heteroatoms. The van der Waals surface area contributed by atoms with Crippen LogP contribution in [-0.4, -0.2) is 46.3 Å². The number of piperidine rings is 1. The molecule has 2 rings (SSSR count). The first kappa shape index (κ1) is 17.4. The fraction of sp³-hybridized carbons (Fsp3) is 0.857. The summed E-state index contributed by atoms with van der Waals surface area (Å²) >= 11 is 0. The van der Waals surface area contributed by atoms with E-state index in [0.29, 0.717) is 5.92 Å². The molecule has 1 saturated heterocycles. The molecule has 1 N–H and O–H groups in total. The van der Waals surface area contributed by atoms with Crippen LogP contribution in [0.4, 0.5) is 0 Å². The average Bonchev–Trinajstić information content (AvgIpc) is 2.79. The smallest absolute Gasteiger partial charge is 0.141 e. The second-order valence-electron chi connectivity index (χ2n) is 6.03. The maximum atomic E-state index is 4.42. The van der Waals surface area contributed by atoms with Gasteiger partial charge in [-0.15, -0.1) is 12.4 Å². The summed E-state index contributed by atoms with van der Waals surface area (Å²) in [5.74, 6) is 2.57. The van der Waals surface area contributed by atoms with Crippen molar-refractivity contribution < 1.29 is 0 Å². The maximum Gasteiger partial charge on any atom is 0.141 e. The zero-order valence-corrected chi connectivity index (χ0v) is 13.7. The van der Waals surface area contributed by atoms with Crippen LogP contribution in [0, 0.1) is 11.8 Å². The Morgan fingerprint density at radius 1 is 1.35 bits per heavy atom. The van der Waals surface area contributed by atoms with Gasteiger partial charge in [0, 0.05) is 6.54 Å². The van der Waals surface area contributed by atoms with Gasteiger partial charge in [0.05, 0.1) is 6.54 Å². The van der Waals surface area contributed by atoms with Crippen molar-refractivity contribution in [3.63, 3.8) is 0 Å². The van der Waals surface area contributed by atoms with Crippen molar-refractivity contribution in [3.05, 3.63) is 12.2 Å². The molecular weight excluding hydrogens is 274 g/mol. The number of nitrogens with zero attached hydrogens (tertiary/aromatic N) is 4. The van der Waals surface area contributed by atoms with E-state index >= 15 is 0 Å². The van der Waals surface area contributed by atoms with Gasteiger partial charge in [-0.2, -0.15) is 5.10 Å². The summed E-state index contributed by atoms with van der Waals surface area (Å²) in [6.45, 7) is 9.85. The van der Waals surface area contributed by atoms with Crippen LogP contribution in [0.2, 0.25) is 0 Å². The first-order valence-electron chi connectivity index (χ1n) is 7.42. The summed E-state index contributed by atoms with van der Waals surface area (Å²) in [6, 6.07) is 0. The fourth-order valence-electron chi connectivity index (χ4n) is 2.75. The quantitative estimate of drug-likeness (QED) is 0.870. The van der Waals surface area contributed by atoms with Crippen molar-refractivity contribution in [3.8, 4) is 0 Å². The molecule has 20 heavy (non-hydrogen) atoms. The third-order valence-electron chi connectivity index (χ3n) is 3.80. The maximum absolute atomic E-state index is 4.42. The van der Waals surface area contributed by atoms with Crippen molar-refractivity contribution >= 4 is 12.4 Å². The Hall–Kier alpha value is -0.650. The molecule has 0 aliphatic carbocycles. The molecule has 0 unspecified atom stereocenters. The van der Waals surface area contributed by atoms with Crippen molar-refractivity contribution in [2.45, 2.75) is 39.8 Å². The summed E-state index contributed by atoms with van der Waals surface area (Å²) in [5, 5.41) is 7.62. The van der Waals surface area contributed by atoms with Gasteiger partial charge in [-0.05, 0) is 51.4 Å². The molecule has 0 aromatic carbocycles. The van der Waals surface area contributed by atoms with E-state index in [-0.39, 0.29) is 12.4 Å². The van der Waals surface area contributed by atoms with E-state index in [0.717, 1.165) is 31.4 Å². The molecule has 0 radical (unpaired) electrons. The standard InChI is InChI=1S/C14H27N5.ClH/c1-12(2)9-19-14(16-11-17-19)10-18-6-4-13(5-7-18)8-15-3;/h11-13,15H,4-10H2,1-3H3;1H. The molecular formula is C14H28ClN5. The number of aromatic nitrogens is 3. The molecule has 1 aliphatic heterocycles. The first-order valence-corrected chi connectivity index (χ1v) is 7.42. The highest BCUT2D eigenvalue weighted by molar-refractivity contribution is 5.85. The van der Waals surface area contributed by atoms with Gasteiger partial charge in [0.15, 0.2) is 0 Å². The predicted molar refractivity (Wildman–Crippen MR) is 84.0 cm³/mol. The number of hydrogen-bond acceptors (Lipinski definition) is 4. The largest absolute Gasteiger partial charge is 0.319 e. The Morgan fingerprint density at radius 2 is 2.05 bits per heavy atom. The van der Waals surface area contributed by atoms with E-state index in [2.05, 4.69) is 38.8 Å². The minimum atomic E-state index is 0. The van der Waals surface area contributed by atoms with Crippen LogP contribution < -0.4 is 5.32 Å². The molecule has 5 nitrogen and oxygen atoms in total. The Balaban J connectivity index is 0.00000200. The van der Waals surface area contributed by atoms with Gasteiger partial charge in [-0.1, -0.05) is 13.8 Å². The summed E-state index contributed by atoms with van der Waals surface area (Å²) in [4.78, 5) is 6.92. The summed E-state index contributed by atoms with van der Waals surface area (Å²) < 4.78 is 2.06. The van der Waals surface area contributed by atoms with Crippen molar-refractivity contribution in [1.82, 2.24) is 25.0 Å². The van der Waals surface area contributed by atoms with Crippen LogP contribution in [0.3, 0.4) is 0 Å². The van der Waals surface area contributed by atoms with Gasteiger partial charge in [0.2, 0.25) is 0 Å². The van der Waals surface area contributed by atoms with Crippen molar-refractivity contribution in [2.75, 3.05) is 26.7 Å². The number of nitrogens with one attached hydrogen (secondary N) is 1. The van der Waals surface area contributed by atoms with Gasteiger partial charge in [-0.25, -0.2) is 9.67 Å². The summed E-state index contributed by atoms with van der Waals surface area (Å²) in [7, 11) is 2.04. The Labute approximate surface area is 128 Å². The highest BCUT2D eigenvalue weighted by Crippen LogP contribution is 2.17. The Morgan fingerprint density at radius 3 is 2.65 bits per heavy atom.